The smallest absolute Gasteiger partial charge is 0.202 e. The van der Waals surface area contributed by atoms with E-state index in [0.29, 0.717) is 12.4 Å². The first-order chi connectivity index (χ1) is 41.1. The standard InChI is InChI=1S/C76H52N6S/c1-7-19-51(20-8-1)66-47-67(52-21-9-2-10-22-52)78-76(77-66)59-35-40-70-65(46-59)63-38-37-62-64-43-50(49-80-71(54-25-13-4-14-26-54)48-68(79-80)53-23-11-3-12-24-53)31-39-69(64)82(75(62)74(63)81(70)60-29-17-6-18-30-60)61-36-34-56-44-58(33-32-57(56)45-61)73-42-41-72(83-73)55-27-15-5-16-28-55/h1-9,11-21,23-48H,10,22,49H2. The highest BCUT2D eigenvalue weighted by molar-refractivity contribution is 7.18. The first-order valence-electron chi connectivity index (χ1n) is 28.4. The van der Waals surface area contributed by atoms with E-state index in [9.17, 15) is 0 Å². The van der Waals surface area contributed by atoms with Crippen molar-refractivity contribution in [3.05, 3.63) is 290 Å². The molecule has 0 radical (unpaired) electrons. The molecule has 0 spiro atoms. The molecular formula is C76H52N6S. The highest BCUT2D eigenvalue weighted by atomic mass is 32.1. The Kier molecular flexibility index (Phi) is 11.8. The minimum Gasteiger partial charge on any atom is -0.409 e. The molecule has 0 N–H and O–H groups in total. The lowest BCUT2D eigenvalue weighted by molar-refractivity contribution is -0.736. The lowest BCUT2D eigenvalue weighted by Gasteiger charge is -2.14. The van der Waals surface area contributed by atoms with Crippen LogP contribution in [0.25, 0.3) is 137 Å². The van der Waals surface area contributed by atoms with Gasteiger partial charge in [0.15, 0.2) is 12.4 Å². The maximum atomic E-state index is 5.35. The summed E-state index contributed by atoms with van der Waals surface area (Å²) in [5.41, 5.74) is 19.7. The van der Waals surface area contributed by atoms with Crippen LogP contribution in [0.3, 0.4) is 0 Å². The molecule has 1 aliphatic carbocycles. The minimum atomic E-state index is 0.591. The van der Waals surface area contributed by atoms with Gasteiger partial charge in [0.25, 0.3) is 0 Å². The molecule has 15 aromatic rings. The van der Waals surface area contributed by atoms with Crippen molar-refractivity contribution in [1.29, 1.82) is 0 Å². The maximum Gasteiger partial charge on any atom is 0.202 e. The van der Waals surface area contributed by atoms with E-state index in [-0.39, 0.29) is 0 Å². The van der Waals surface area contributed by atoms with Crippen molar-refractivity contribution in [3.63, 3.8) is 0 Å². The van der Waals surface area contributed by atoms with Gasteiger partial charge in [-0.05, 0) is 143 Å². The normalized spacial score (nSPS) is 12.6. The third kappa shape index (κ3) is 8.69. The Bertz CT molecular complexity index is 5030. The maximum absolute atomic E-state index is 5.35. The third-order valence-electron chi connectivity index (χ3n) is 16.4. The monoisotopic (exact) mass is 1080 g/mol. The molecule has 5 heterocycles. The van der Waals surface area contributed by atoms with Gasteiger partial charge in [-0.1, -0.05) is 188 Å². The number of aromatic nitrogens is 6. The van der Waals surface area contributed by atoms with Gasteiger partial charge in [-0.25, -0.2) is 9.97 Å². The van der Waals surface area contributed by atoms with Gasteiger partial charge in [0.2, 0.25) is 5.69 Å². The average Bonchev–Trinajstić information content (AvgIpc) is 2.01. The average molecular weight is 1080 g/mol. The zero-order valence-electron chi connectivity index (χ0n) is 45.3. The number of para-hydroxylation sites is 1. The number of allylic oxidation sites excluding steroid dienone is 4. The Balaban J connectivity index is 0.910. The van der Waals surface area contributed by atoms with Crippen LogP contribution in [0, 0.1) is 0 Å². The van der Waals surface area contributed by atoms with Crippen LogP contribution in [-0.4, -0.2) is 19.1 Å². The Hall–Kier alpha value is -10.5. The molecule has 0 amide bonds. The second kappa shape index (κ2) is 20.3. The summed E-state index contributed by atoms with van der Waals surface area (Å²) in [6, 6.07) is 94.4. The molecule has 7 heteroatoms. The fourth-order valence-corrected chi connectivity index (χ4v) is 13.4. The Labute approximate surface area is 484 Å². The van der Waals surface area contributed by atoms with Crippen LogP contribution < -0.4 is 9.78 Å². The van der Waals surface area contributed by atoms with Crippen LogP contribution in [0.1, 0.15) is 24.1 Å². The Morgan fingerprint density at radius 1 is 0.434 bits per heavy atom. The number of rotatable bonds is 11. The van der Waals surface area contributed by atoms with Gasteiger partial charge in [-0.15, -0.1) is 11.3 Å². The molecule has 6 nitrogen and oxygen atoms in total. The van der Waals surface area contributed by atoms with E-state index in [1.54, 1.807) is 0 Å². The number of fused-ring (bicyclic) bond motifs is 8. The van der Waals surface area contributed by atoms with E-state index < -0.39 is 0 Å². The van der Waals surface area contributed by atoms with Crippen LogP contribution in [-0.2, 0) is 6.54 Å². The van der Waals surface area contributed by atoms with Crippen molar-refractivity contribution in [2.75, 3.05) is 0 Å². The Morgan fingerprint density at radius 3 is 1.73 bits per heavy atom. The van der Waals surface area contributed by atoms with Crippen LogP contribution in [0.2, 0.25) is 0 Å². The van der Waals surface area contributed by atoms with Crippen LogP contribution in [0.15, 0.2) is 279 Å². The fraction of sp³-hybridized carbons (Fsp3) is 0.0395. The molecule has 0 bridgehead atoms. The van der Waals surface area contributed by atoms with Crippen molar-refractivity contribution in [1.82, 2.24) is 24.2 Å². The number of hydrogen-bond acceptors (Lipinski definition) is 3. The summed E-state index contributed by atoms with van der Waals surface area (Å²) in [6.45, 7) is 0.591. The van der Waals surface area contributed by atoms with Gasteiger partial charge in [-0.3, -0.25) is 4.68 Å². The van der Waals surface area contributed by atoms with Crippen LogP contribution >= 0.6 is 11.3 Å². The zero-order chi connectivity index (χ0) is 54.8. The molecule has 83 heavy (non-hydrogen) atoms. The molecule has 1 aliphatic rings. The summed E-state index contributed by atoms with van der Waals surface area (Å²) in [5, 5.41) is 12.3. The fourth-order valence-electron chi connectivity index (χ4n) is 12.4. The number of hydrogen-bond donors (Lipinski definition) is 0. The van der Waals surface area contributed by atoms with Gasteiger partial charge in [-0.2, -0.15) is 0 Å². The molecule has 0 saturated carbocycles. The Morgan fingerprint density at radius 2 is 1.02 bits per heavy atom. The summed E-state index contributed by atoms with van der Waals surface area (Å²) in [7, 11) is 0. The summed E-state index contributed by atoms with van der Waals surface area (Å²) in [4.78, 5) is 13.2. The van der Waals surface area contributed by atoms with E-state index in [1.165, 1.54) is 48.0 Å². The minimum absolute atomic E-state index is 0.591. The zero-order valence-corrected chi connectivity index (χ0v) is 46.1. The summed E-state index contributed by atoms with van der Waals surface area (Å²) >= 11 is 1.84. The SMILES string of the molecule is C1=CCCC(c2cc(-c3ccccc3)nc(-c3ccc4c(c3)c3ccc5c6cc(C[n+]7[n-]c(-c8ccccc8)cc7-c7ccccc7)ccc6n(-c6ccc7cc(-c8ccc(-c9ccccc9)s8)ccc7c6)c5c3n4-c3ccccc3)n2)=C1. The van der Waals surface area contributed by atoms with E-state index in [2.05, 4.69) is 293 Å². The lowest BCUT2D eigenvalue weighted by Crippen LogP contribution is -2.40. The summed E-state index contributed by atoms with van der Waals surface area (Å²) < 4.78 is 7.15. The van der Waals surface area contributed by atoms with Crippen LogP contribution in [0.4, 0.5) is 0 Å². The van der Waals surface area contributed by atoms with Crippen molar-refractivity contribution >= 4 is 71.3 Å². The molecule has 10 aromatic carbocycles. The van der Waals surface area contributed by atoms with Gasteiger partial charge >= 0.3 is 0 Å². The molecule has 0 atom stereocenters. The van der Waals surface area contributed by atoms with Crippen molar-refractivity contribution in [3.8, 4) is 77.4 Å². The van der Waals surface area contributed by atoms with E-state index >= 15 is 0 Å². The van der Waals surface area contributed by atoms with Crippen molar-refractivity contribution in [2.24, 2.45) is 0 Å². The van der Waals surface area contributed by atoms with Crippen LogP contribution in [0.5, 0.6) is 0 Å². The molecule has 0 fully saturated rings. The lowest BCUT2D eigenvalue weighted by atomic mass is 10.00. The molecule has 0 saturated heterocycles. The number of benzene rings is 10. The quantitative estimate of drug-likeness (QED) is 0.121. The van der Waals surface area contributed by atoms with Gasteiger partial charge in [0.05, 0.1) is 33.5 Å². The molecule has 392 valence electrons. The molecule has 5 aromatic heterocycles. The van der Waals surface area contributed by atoms with Gasteiger partial charge < -0.3 is 14.2 Å². The molecule has 0 aliphatic heterocycles. The highest BCUT2D eigenvalue weighted by Gasteiger charge is 2.24. The summed E-state index contributed by atoms with van der Waals surface area (Å²) in [5.74, 6) is 0.709. The number of thiophene rings is 1. The highest BCUT2D eigenvalue weighted by Crippen LogP contribution is 2.44. The predicted octanol–water partition coefficient (Wildman–Crippen LogP) is 18.9. The largest absolute Gasteiger partial charge is 0.409 e. The van der Waals surface area contributed by atoms with Gasteiger partial charge in [0, 0.05) is 64.9 Å². The second-order valence-corrected chi connectivity index (χ2v) is 22.6. The summed E-state index contributed by atoms with van der Waals surface area (Å²) in [6.07, 6.45) is 8.51. The van der Waals surface area contributed by atoms with E-state index in [1.807, 2.05) is 11.3 Å². The molecular weight excluding hydrogens is 1030 g/mol. The van der Waals surface area contributed by atoms with Crippen molar-refractivity contribution in [2.45, 2.75) is 19.4 Å². The third-order valence-corrected chi connectivity index (χ3v) is 17.6. The first-order valence-corrected chi connectivity index (χ1v) is 29.2. The van der Waals surface area contributed by atoms with E-state index in [0.717, 1.165) is 108 Å². The topological polar surface area (TPSA) is 53.6 Å². The van der Waals surface area contributed by atoms with Gasteiger partial charge in [0.1, 0.15) is 0 Å². The van der Waals surface area contributed by atoms with Crippen molar-refractivity contribution < 1.29 is 4.68 Å². The predicted molar refractivity (Wildman–Crippen MR) is 344 cm³/mol. The van der Waals surface area contributed by atoms with E-state index in [4.69, 9.17) is 15.1 Å². The first kappa shape index (κ1) is 48.4. The molecule has 16 rings (SSSR count). The number of nitrogens with zero attached hydrogens (tertiary/aromatic N) is 6. The second-order valence-electron chi connectivity index (χ2n) is 21.5. The molecule has 0 unspecified atom stereocenters.